The topological polar surface area (TPSA) is 160 Å². The van der Waals surface area contributed by atoms with Crippen LogP contribution in [-0.4, -0.2) is 99.1 Å². The summed E-state index contributed by atoms with van der Waals surface area (Å²) >= 11 is 0. The van der Waals surface area contributed by atoms with Gasteiger partial charge in [-0.05, 0) is 31.5 Å². The molecule has 1 fully saturated rings. The molecule has 212 valence electrons. The monoisotopic (exact) mass is 562 g/mol. The number of hydrogen-bond donors (Lipinski definition) is 2. The first-order valence-corrected chi connectivity index (χ1v) is 14.3. The Morgan fingerprint density at radius 1 is 1.15 bits per heavy atom. The lowest BCUT2D eigenvalue weighted by Gasteiger charge is -2.33. The number of carboxylic acids is 1. The van der Waals surface area contributed by atoms with E-state index in [1.165, 1.54) is 27.2 Å². The van der Waals surface area contributed by atoms with Crippen LogP contribution in [0.5, 0.6) is 5.75 Å². The summed E-state index contributed by atoms with van der Waals surface area (Å²) in [5.41, 5.74) is 0.717. The number of β-amino-alcohol motifs (C(OH)–C–C–N with tert-alkyl or cyclic N) is 1. The number of sulfonamides is 1. The van der Waals surface area contributed by atoms with E-state index >= 15 is 0 Å². The van der Waals surface area contributed by atoms with Crippen molar-refractivity contribution in [3.05, 3.63) is 34.2 Å². The lowest BCUT2D eigenvalue weighted by molar-refractivity contribution is -0.137. The summed E-state index contributed by atoms with van der Waals surface area (Å²) in [7, 11) is -2.32. The number of piperazine rings is 1. The average molecular weight is 563 g/mol. The van der Waals surface area contributed by atoms with Gasteiger partial charge in [0.2, 0.25) is 10.0 Å². The van der Waals surface area contributed by atoms with Crippen molar-refractivity contribution in [3.63, 3.8) is 0 Å². The molecule has 1 aliphatic rings. The smallest absolute Gasteiger partial charge is 0.323 e. The number of nitrogens with zero attached hydrogens (tertiary/aromatic N) is 6. The Bertz CT molecular complexity index is 1520. The van der Waals surface area contributed by atoms with Crippen molar-refractivity contribution in [2.24, 2.45) is 7.05 Å². The van der Waals surface area contributed by atoms with Gasteiger partial charge in [0.1, 0.15) is 23.6 Å². The van der Waals surface area contributed by atoms with Gasteiger partial charge in [-0.1, -0.05) is 13.3 Å². The third kappa shape index (κ3) is 5.69. The van der Waals surface area contributed by atoms with Gasteiger partial charge >= 0.3 is 5.97 Å². The van der Waals surface area contributed by atoms with Gasteiger partial charge in [0.15, 0.2) is 5.52 Å². The van der Waals surface area contributed by atoms with E-state index in [0.29, 0.717) is 37.3 Å². The zero-order valence-electron chi connectivity index (χ0n) is 22.3. The largest absolute Gasteiger partial charge is 0.493 e. The molecule has 0 amide bonds. The van der Waals surface area contributed by atoms with Gasteiger partial charge in [-0.15, -0.1) is 0 Å². The predicted molar refractivity (Wildman–Crippen MR) is 143 cm³/mol. The second kappa shape index (κ2) is 11.8. The highest BCUT2D eigenvalue weighted by Crippen LogP contribution is 2.33. The van der Waals surface area contributed by atoms with Crippen LogP contribution in [0.25, 0.3) is 22.4 Å². The van der Waals surface area contributed by atoms with E-state index in [-0.39, 0.29) is 53.9 Å². The predicted octanol–water partition coefficient (Wildman–Crippen LogP) is 0.531. The van der Waals surface area contributed by atoms with Crippen molar-refractivity contribution in [3.8, 4) is 17.1 Å². The summed E-state index contributed by atoms with van der Waals surface area (Å²) in [5.74, 6) is -0.984. The molecular formula is C25H34N6O7S. The average Bonchev–Trinajstić information content (AvgIpc) is 3.21. The van der Waals surface area contributed by atoms with Gasteiger partial charge in [-0.25, -0.2) is 13.4 Å². The normalized spacial score (nSPS) is 15.2. The molecule has 3 aromatic rings. The number of hydrogen-bond acceptors (Lipinski definition) is 9. The van der Waals surface area contributed by atoms with E-state index in [0.717, 1.165) is 11.0 Å². The van der Waals surface area contributed by atoms with E-state index in [9.17, 15) is 28.2 Å². The van der Waals surface area contributed by atoms with E-state index in [2.05, 4.69) is 5.10 Å². The molecule has 0 aliphatic carbocycles. The minimum Gasteiger partial charge on any atom is -0.493 e. The van der Waals surface area contributed by atoms with Crippen LogP contribution < -0.4 is 10.3 Å². The molecule has 14 heteroatoms. The fourth-order valence-electron chi connectivity index (χ4n) is 4.82. The zero-order valence-corrected chi connectivity index (χ0v) is 23.1. The van der Waals surface area contributed by atoms with E-state index in [1.54, 1.807) is 14.0 Å². The third-order valence-electron chi connectivity index (χ3n) is 6.67. The molecule has 0 unspecified atom stereocenters. The minimum atomic E-state index is -3.92. The third-order valence-corrected chi connectivity index (χ3v) is 8.56. The summed E-state index contributed by atoms with van der Waals surface area (Å²) < 4.78 is 36.8. The molecular weight excluding hydrogens is 528 g/mol. The molecule has 3 heterocycles. The van der Waals surface area contributed by atoms with Gasteiger partial charge in [0.25, 0.3) is 5.56 Å². The molecule has 4 rings (SSSR count). The van der Waals surface area contributed by atoms with Crippen LogP contribution in [0, 0.1) is 0 Å². The minimum absolute atomic E-state index is 0.00128. The maximum Gasteiger partial charge on any atom is 0.323 e. The van der Waals surface area contributed by atoms with Gasteiger partial charge in [0, 0.05) is 39.8 Å². The van der Waals surface area contributed by atoms with Crippen LogP contribution >= 0.6 is 0 Å². The fraction of sp³-hybridized carbons (Fsp3) is 0.520. The number of aliphatic hydroxyl groups is 1. The highest BCUT2D eigenvalue weighted by atomic mass is 32.2. The number of aliphatic carboxylic acids is 1. The number of aliphatic hydroxyl groups excluding tert-OH is 1. The van der Waals surface area contributed by atoms with Gasteiger partial charge in [-0.3, -0.25) is 23.7 Å². The van der Waals surface area contributed by atoms with E-state index in [4.69, 9.17) is 9.72 Å². The molecule has 0 spiro atoms. The number of carboxylic acid groups (broad SMARTS) is 1. The van der Waals surface area contributed by atoms with E-state index in [1.807, 2.05) is 11.8 Å². The highest BCUT2D eigenvalue weighted by molar-refractivity contribution is 7.89. The second-order valence-electron chi connectivity index (χ2n) is 9.30. The lowest BCUT2D eigenvalue weighted by atomic mass is 10.1. The van der Waals surface area contributed by atoms with Crippen LogP contribution in [0.3, 0.4) is 0 Å². The Kier molecular flexibility index (Phi) is 8.69. The molecule has 0 radical (unpaired) electrons. The molecule has 13 nitrogen and oxygen atoms in total. The number of fused-ring (bicyclic) bond motifs is 1. The van der Waals surface area contributed by atoms with Crippen molar-refractivity contribution in [2.75, 3.05) is 45.9 Å². The number of aromatic nitrogens is 4. The molecule has 2 aromatic heterocycles. The first-order valence-electron chi connectivity index (χ1n) is 12.9. The van der Waals surface area contributed by atoms with Crippen LogP contribution in [0.1, 0.15) is 26.0 Å². The Balaban J connectivity index is 1.90. The number of carbonyl (C=O) groups is 1. The molecule has 1 aromatic carbocycles. The van der Waals surface area contributed by atoms with Crippen molar-refractivity contribution in [1.29, 1.82) is 0 Å². The molecule has 0 bridgehead atoms. The number of aryl methyl sites for hydroxylation is 2. The molecule has 2 N–H and O–H groups in total. The van der Waals surface area contributed by atoms with Crippen LogP contribution in [-0.2, 0) is 34.8 Å². The quantitative estimate of drug-likeness (QED) is 0.337. The summed E-state index contributed by atoms with van der Waals surface area (Å²) in [6, 6.07) is 4.34. The van der Waals surface area contributed by atoms with E-state index < -0.39 is 28.1 Å². The first-order chi connectivity index (χ1) is 18.6. The maximum absolute atomic E-state index is 13.6. The Morgan fingerprint density at radius 2 is 1.87 bits per heavy atom. The molecule has 1 aliphatic heterocycles. The summed E-state index contributed by atoms with van der Waals surface area (Å²) in [6.45, 7) is 5.28. The van der Waals surface area contributed by atoms with Crippen LogP contribution in [0.4, 0.5) is 0 Å². The lowest BCUT2D eigenvalue weighted by Crippen LogP contribution is -2.49. The number of ether oxygens (including phenoxy) is 1. The number of rotatable bonds is 11. The number of benzene rings is 1. The molecule has 0 atom stereocenters. The van der Waals surface area contributed by atoms with Crippen molar-refractivity contribution < 1.29 is 28.2 Å². The summed E-state index contributed by atoms with van der Waals surface area (Å²) in [4.78, 5) is 32.0. The van der Waals surface area contributed by atoms with Crippen LogP contribution in [0.15, 0.2) is 27.9 Å². The summed E-state index contributed by atoms with van der Waals surface area (Å²) in [5, 5.41) is 23.2. The Hall–Kier alpha value is -3.33. The Morgan fingerprint density at radius 3 is 2.49 bits per heavy atom. The van der Waals surface area contributed by atoms with Crippen molar-refractivity contribution >= 4 is 27.0 Å². The first kappa shape index (κ1) is 28.7. The molecule has 39 heavy (non-hydrogen) atoms. The molecule has 1 saturated heterocycles. The van der Waals surface area contributed by atoms with Crippen molar-refractivity contribution in [2.45, 2.75) is 38.1 Å². The zero-order chi connectivity index (χ0) is 28.3. The second-order valence-corrected chi connectivity index (χ2v) is 11.2. The SMILES string of the molecule is CCCc1nn(C)c2c(=O)n(CC(=O)O)c(-c3cc(S(=O)(=O)N4CCN(CCO)CC4)ccc3OCC)nc12. The standard InChI is InChI=1S/C25H34N6O7S/c1-4-6-19-22-23(28(3)27-19)25(35)31(16-21(33)34)24(26-22)18-15-17(7-8-20(18)38-5-2)39(36,37)30-11-9-29(10-12-30)13-14-32/h7-8,15,32H,4-6,9-14,16H2,1-3H3,(H,33,34). The highest BCUT2D eigenvalue weighted by Gasteiger charge is 2.30. The Labute approximate surface area is 226 Å². The van der Waals surface area contributed by atoms with Gasteiger partial charge in [0.05, 0.1) is 29.4 Å². The van der Waals surface area contributed by atoms with Crippen LogP contribution in [0.2, 0.25) is 0 Å². The van der Waals surface area contributed by atoms with Gasteiger partial charge < -0.3 is 14.9 Å². The maximum atomic E-state index is 13.6. The van der Waals surface area contributed by atoms with Crippen molar-refractivity contribution in [1.82, 2.24) is 28.5 Å². The fourth-order valence-corrected chi connectivity index (χ4v) is 6.27. The molecule has 0 saturated carbocycles. The van der Waals surface area contributed by atoms with Gasteiger partial charge in [-0.2, -0.15) is 9.40 Å². The summed E-state index contributed by atoms with van der Waals surface area (Å²) in [6.07, 6.45) is 1.31.